The normalized spacial score (nSPS) is 18.1. The van der Waals surface area contributed by atoms with Crippen LogP contribution in [-0.4, -0.2) is 43.3 Å². The van der Waals surface area contributed by atoms with Gasteiger partial charge in [-0.15, -0.1) is 3.89 Å². The van der Waals surface area contributed by atoms with Gasteiger partial charge in [-0.05, 0) is 31.5 Å². The molecule has 12 heteroatoms. The molecule has 166 valence electrons. The van der Waals surface area contributed by atoms with Crippen LogP contribution in [0.5, 0.6) is 0 Å². The van der Waals surface area contributed by atoms with Crippen LogP contribution in [0.3, 0.4) is 0 Å². The van der Waals surface area contributed by atoms with Gasteiger partial charge in [0.25, 0.3) is 0 Å². The summed E-state index contributed by atoms with van der Waals surface area (Å²) in [6, 6.07) is 2.42. The molecule has 1 aromatic carbocycles. The lowest BCUT2D eigenvalue weighted by Gasteiger charge is -2.23. The first-order chi connectivity index (χ1) is 14.7. The Bertz CT molecular complexity index is 1160. The predicted octanol–water partition coefficient (Wildman–Crippen LogP) is 3.42. The molecule has 2 unspecified atom stereocenters. The molecule has 7 nitrogen and oxygen atoms in total. The minimum atomic E-state index is -4.59. The fourth-order valence-corrected chi connectivity index (χ4v) is 4.13. The molecule has 0 amide bonds. The largest absolute Gasteiger partial charge is 0.416 e. The Morgan fingerprint density at radius 1 is 1.35 bits per heavy atom. The van der Waals surface area contributed by atoms with Crippen LogP contribution in [-0.2, 0) is 6.18 Å². The fourth-order valence-electron chi connectivity index (χ4n) is 3.90. The molecule has 0 aliphatic carbocycles. The topological polar surface area (TPSA) is 76.2 Å². The van der Waals surface area contributed by atoms with E-state index in [0.29, 0.717) is 30.6 Å². The van der Waals surface area contributed by atoms with Crippen LogP contribution < -0.4 is 10.6 Å². The molecule has 3 aromatic rings. The average molecular weight is 457 g/mol. The summed E-state index contributed by atoms with van der Waals surface area (Å²) >= 11 is -0.0873. The van der Waals surface area contributed by atoms with Gasteiger partial charge in [0.2, 0.25) is 0 Å². The van der Waals surface area contributed by atoms with Crippen molar-refractivity contribution in [2.24, 2.45) is 5.92 Å². The number of alkyl halides is 3. The van der Waals surface area contributed by atoms with Gasteiger partial charge in [-0.3, -0.25) is 8.54 Å². The maximum absolute atomic E-state index is 13.4. The molecule has 0 saturated carbocycles. The average Bonchev–Trinajstić information content (AvgIpc) is 3.41. The molecule has 1 aliphatic rings. The van der Waals surface area contributed by atoms with E-state index in [-0.39, 0.29) is 36.2 Å². The van der Waals surface area contributed by atoms with Crippen molar-refractivity contribution in [3.63, 3.8) is 0 Å². The summed E-state index contributed by atoms with van der Waals surface area (Å²) in [7, 11) is 0. The first-order valence-corrected chi connectivity index (χ1v) is 10.2. The lowest BCUT2D eigenvalue weighted by Crippen LogP contribution is -2.31. The first-order valence-electron chi connectivity index (χ1n) is 9.55. The summed E-state index contributed by atoms with van der Waals surface area (Å²) < 4.78 is 55.3. The maximum atomic E-state index is 13.4. The summed E-state index contributed by atoms with van der Waals surface area (Å²) in [4.78, 5) is 23.0. The highest BCUT2D eigenvalue weighted by Gasteiger charge is 2.32. The number of nitrogens with zero attached hydrogens (tertiary/aromatic N) is 5. The van der Waals surface area contributed by atoms with E-state index in [1.807, 2.05) is 0 Å². The second kappa shape index (κ2) is 8.15. The van der Waals surface area contributed by atoms with Crippen LogP contribution in [0, 0.1) is 5.92 Å². The summed E-state index contributed by atoms with van der Waals surface area (Å²) in [5.74, 6) is 0.299. The van der Waals surface area contributed by atoms with E-state index in [2.05, 4.69) is 9.97 Å². The Morgan fingerprint density at radius 3 is 2.74 bits per heavy atom. The van der Waals surface area contributed by atoms with E-state index in [9.17, 15) is 27.0 Å². The number of aliphatic hydroxyl groups excluding tert-OH is 1. The number of benzene rings is 1. The lowest BCUT2D eigenvalue weighted by molar-refractivity contribution is -0.137. The Morgan fingerprint density at radius 2 is 2.13 bits per heavy atom. The SMILES string of the molecule is CC(c1cn(SF)cn1)n1c(=O)nc(N2CCC(CO)C2)c2ccc(C(F)(F)F)cc21. The van der Waals surface area contributed by atoms with E-state index in [0.717, 1.165) is 20.7 Å². The zero-order valence-electron chi connectivity index (χ0n) is 16.4. The number of hydrogen-bond acceptors (Lipinski definition) is 6. The van der Waals surface area contributed by atoms with Gasteiger partial charge in [0, 0.05) is 37.2 Å². The number of aliphatic hydroxyl groups is 1. The second-order valence-corrected chi connectivity index (χ2v) is 8.06. The molecular formula is C19H19F4N5O2S. The summed E-state index contributed by atoms with van der Waals surface area (Å²) in [6.45, 7) is 2.56. The first kappa shape index (κ1) is 21.6. The van der Waals surface area contributed by atoms with Gasteiger partial charge in [-0.1, -0.05) is 0 Å². The Labute approximate surface area is 178 Å². The van der Waals surface area contributed by atoms with Crippen LogP contribution in [0.2, 0.25) is 0 Å². The maximum Gasteiger partial charge on any atom is 0.416 e. The third-order valence-electron chi connectivity index (χ3n) is 5.55. The van der Waals surface area contributed by atoms with Gasteiger partial charge in [0.1, 0.15) is 12.1 Å². The zero-order chi connectivity index (χ0) is 22.3. The molecule has 2 atom stereocenters. The molecule has 3 heterocycles. The molecule has 2 aromatic heterocycles. The smallest absolute Gasteiger partial charge is 0.396 e. The molecule has 1 aliphatic heterocycles. The lowest BCUT2D eigenvalue weighted by atomic mass is 10.1. The Hall–Kier alpha value is -2.60. The third kappa shape index (κ3) is 4.01. The molecule has 1 saturated heterocycles. The van der Waals surface area contributed by atoms with Gasteiger partial charge in [-0.25, -0.2) is 9.78 Å². The highest BCUT2D eigenvalue weighted by atomic mass is 32.2. The second-order valence-electron chi connectivity index (χ2n) is 7.50. The zero-order valence-corrected chi connectivity index (χ0v) is 17.2. The number of rotatable bonds is 5. The Kier molecular flexibility index (Phi) is 5.69. The van der Waals surface area contributed by atoms with E-state index < -0.39 is 23.5 Å². The molecule has 1 fully saturated rings. The van der Waals surface area contributed by atoms with Crippen molar-refractivity contribution in [1.82, 2.24) is 18.5 Å². The van der Waals surface area contributed by atoms with Gasteiger partial charge in [-0.2, -0.15) is 18.2 Å². The van der Waals surface area contributed by atoms with Crippen LogP contribution in [0.25, 0.3) is 10.9 Å². The molecule has 1 N–H and O–H groups in total. The van der Waals surface area contributed by atoms with Gasteiger partial charge in [0.15, 0.2) is 12.3 Å². The van der Waals surface area contributed by atoms with Crippen molar-refractivity contribution in [3.05, 3.63) is 52.5 Å². The number of imidazole rings is 1. The summed E-state index contributed by atoms with van der Waals surface area (Å²) in [6.07, 6.45) is -1.32. The summed E-state index contributed by atoms with van der Waals surface area (Å²) in [5.41, 5.74) is -1.25. The van der Waals surface area contributed by atoms with Crippen molar-refractivity contribution < 1.29 is 22.2 Å². The molecule has 0 radical (unpaired) electrons. The number of aromatic nitrogens is 4. The predicted molar refractivity (Wildman–Crippen MR) is 109 cm³/mol. The van der Waals surface area contributed by atoms with Gasteiger partial charge >= 0.3 is 11.9 Å². The molecule has 0 bridgehead atoms. The highest BCUT2D eigenvalue weighted by molar-refractivity contribution is 7.92. The van der Waals surface area contributed by atoms with Crippen LogP contribution in [0.15, 0.2) is 35.5 Å². The molecule has 0 spiro atoms. The number of fused-ring (bicyclic) bond motifs is 1. The fraction of sp³-hybridized carbons (Fsp3) is 0.421. The van der Waals surface area contributed by atoms with Crippen molar-refractivity contribution in [3.8, 4) is 0 Å². The standard InChI is InChI=1S/C19H19F4N5O2S/c1-11(15-8-27(31-23)10-24-15)28-16-6-13(19(20,21)22)2-3-14(16)17(25-18(28)30)26-5-4-12(7-26)9-29/h2-3,6,8,10-12,29H,4-5,7,9H2,1H3. The summed E-state index contributed by atoms with van der Waals surface area (Å²) in [5, 5.41) is 9.80. The number of hydrogen-bond donors (Lipinski definition) is 1. The van der Waals surface area contributed by atoms with E-state index in [4.69, 9.17) is 0 Å². The van der Waals surface area contributed by atoms with Gasteiger partial charge < -0.3 is 10.0 Å². The van der Waals surface area contributed by atoms with Crippen molar-refractivity contribution >= 4 is 29.1 Å². The quantitative estimate of drug-likeness (QED) is 0.592. The molecule has 4 rings (SSSR count). The van der Waals surface area contributed by atoms with Crippen molar-refractivity contribution in [1.29, 1.82) is 0 Å². The van der Waals surface area contributed by atoms with Crippen LogP contribution >= 0.6 is 12.3 Å². The minimum absolute atomic E-state index is 0.00909. The highest BCUT2D eigenvalue weighted by Crippen LogP contribution is 2.35. The van der Waals surface area contributed by atoms with Crippen molar-refractivity contribution in [2.75, 3.05) is 24.6 Å². The third-order valence-corrected chi connectivity index (χ3v) is 5.91. The molecular weight excluding hydrogens is 438 g/mol. The molecule has 31 heavy (non-hydrogen) atoms. The van der Waals surface area contributed by atoms with Crippen LogP contribution in [0.1, 0.15) is 30.6 Å². The minimum Gasteiger partial charge on any atom is -0.396 e. The van der Waals surface area contributed by atoms with Crippen molar-refractivity contribution in [2.45, 2.75) is 25.6 Å². The monoisotopic (exact) mass is 457 g/mol. The van der Waals surface area contributed by atoms with E-state index in [1.165, 1.54) is 18.6 Å². The van der Waals surface area contributed by atoms with E-state index in [1.54, 1.807) is 11.8 Å². The van der Waals surface area contributed by atoms with Gasteiger partial charge in [0.05, 0.1) is 22.8 Å². The van der Waals surface area contributed by atoms with Crippen LogP contribution in [0.4, 0.5) is 22.9 Å². The number of halogens is 4. The number of anilines is 1. The van der Waals surface area contributed by atoms with E-state index >= 15 is 0 Å². The Balaban J connectivity index is 1.91.